The molecule has 1 fully saturated rings. The number of aliphatic hydroxyl groups excluding tert-OH is 1. The van der Waals surface area contributed by atoms with Crippen LogP contribution in [-0.4, -0.2) is 58.4 Å². The molecule has 198 valence electrons. The molecule has 0 unspecified atom stereocenters. The molecule has 0 atom stereocenters. The minimum Gasteiger partial charge on any atom is -0.489 e. The van der Waals surface area contributed by atoms with Crippen molar-refractivity contribution in [3.05, 3.63) is 60.3 Å². The molecule has 2 aromatic heterocycles. The number of anilines is 5. The summed E-state index contributed by atoms with van der Waals surface area (Å²) in [5, 5.41) is 16.5. The molecule has 4 aromatic rings. The summed E-state index contributed by atoms with van der Waals surface area (Å²) in [6.45, 7) is 5.56. The van der Waals surface area contributed by atoms with Crippen LogP contribution in [0.25, 0.3) is 11.0 Å². The van der Waals surface area contributed by atoms with Crippen molar-refractivity contribution in [2.24, 2.45) is 0 Å². The number of H-pyrrole nitrogens is 1. The zero-order valence-corrected chi connectivity index (χ0v) is 21.7. The lowest BCUT2D eigenvalue weighted by Gasteiger charge is -2.32. The van der Waals surface area contributed by atoms with Crippen LogP contribution < -0.4 is 20.3 Å². The molecular weight excluding hydrogens is 484 g/mol. The highest BCUT2D eigenvalue weighted by Gasteiger charge is 2.20. The predicted octanol–water partition coefficient (Wildman–Crippen LogP) is 4.98. The summed E-state index contributed by atoms with van der Waals surface area (Å²) in [5.41, 5.74) is 4.15. The van der Waals surface area contributed by atoms with Crippen molar-refractivity contribution in [3.8, 4) is 5.75 Å². The Balaban J connectivity index is 1.47. The van der Waals surface area contributed by atoms with Crippen molar-refractivity contribution in [2.45, 2.75) is 38.9 Å². The van der Waals surface area contributed by atoms with Crippen LogP contribution in [0.2, 0.25) is 0 Å². The zero-order chi connectivity index (χ0) is 26.6. The average Bonchev–Trinajstić information content (AvgIpc) is 3.39. The predicted molar refractivity (Wildman–Crippen MR) is 148 cm³/mol. The van der Waals surface area contributed by atoms with Crippen LogP contribution in [0, 0.1) is 0 Å². The number of carbonyl (C=O) groups excluding carboxylic acids is 1. The van der Waals surface area contributed by atoms with E-state index in [0.717, 1.165) is 37.3 Å². The maximum atomic E-state index is 12.3. The van der Waals surface area contributed by atoms with Crippen LogP contribution in [-0.2, 0) is 4.74 Å². The number of piperidine rings is 1. The van der Waals surface area contributed by atoms with Crippen LogP contribution in [0.15, 0.2) is 54.7 Å². The molecule has 0 saturated carbocycles. The van der Waals surface area contributed by atoms with Crippen molar-refractivity contribution in [2.75, 3.05) is 35.7 Å². The maximum Gasteiger partial charge on any atom is 0.339 e. The fourth-order valence-electron chi connectivity index (χ4n) is 4.51. The molecule has 10 heteroatoms. The van der Waals surface area contributed by atoms with E-state index in [-0.39, 0.29) is 12.2 Å². The van der Waals surface area contributed by atoms with E-state index >= 15 is 0 Å². The van der Waals surface area contributed by atoms with Gasteiger partial charge in [0, 0.05) is 31.0 Å². The van der Waals surface area contributed by atoms with Gasteiger partial charge in [-0.15, -0.1) is 0 Å². The molecule has 1 aliphatic heterocycles. The maximum absolute atomic E-state index is 12.3. The van der Waals surface area contributed by atoms with Gasteiger partial charge in [0.1, 0.15) is 11.3 Å². The van der Waals surface area contributed by atoms with E-state index in [0.29, 0.717) is 39.8 Å². The van der Waals surface area contributed by atoms with Gasteiger partial charge >= 0.3 is 5.97 Å². The number of hydrogen-bond donors (Lipinski definition) is 4. The number of benzene rings is 2. The second-order valence-electron chi connectivity index (χ2n) is 9.49. The molecule has 5 rings (SSSR count). The molecule has 2 aromatic carbocycles. The molecule has 1 aliphatic rings. The SMILES string of the molecule is COC(=O)c1ccccc1Nc1nc(Nc2ccc(N3CCC(O)CC3)cc2OC(C)C)nc2cc[nH]c12. The Hall–Kier alpha value is -4.31. The number of para-hydroxylation sites is 1. The van der Waals surface area contributed by atoms with Gasteiger partial charge in [0.05, 0.1) is 41.8 Å². The topological polar surface area (TPSA) is 125 Å². The minimum absolute atomic E-state index is 0.0332. The van der Waals surface area contributed by atoms with Gasteiger partial charge < -0.3 is 35.1 Å². The van der Waals surface area contributed by atoms with E-state index in [2.05, 4.69) is 25.5 Å². The second-order valence-corrected chi connectivity index (χ2v) is 9.49. The number of fused-ring (bicyclic) bond motifs is 1. The smallest absolute Gasteiger partial charge is 0.339 e. The molecule has 0 amide bonds. The van der Waals surface area contributed by atoms with Crippen molar-refractivity contribution in [3.63, 3.8) is 0 Å². The molecule has 0 aliphatic carbocycles. The number of ether oxygens (including phenoxy) is 2. The highest BCUT2D eigenvalue weighted by atomic mass is 16.5. The molecule has 10 nitrogen and oxygen atoms in total. The fourth-order valence-corrected chi connectivity index (χ4v) is 4.51. The van der Waals surface area contributed by atoms with Crippen molar-refractivity contribution >= 4 is 45.8 Å². The molecular formula is C28H32N6O4. The standard InChI is InChI=1S/C28H32N6O4/c1-17(2)38-24-16-18(34-14-11-19(35)12-15-34)8-9-22(24)31-28-32-23-10-13-29-25(23)26(33-28)30-21-7-5-4-6-20(21)27(36)37-3/h4-10,13,16-17,19,29,35H,11-12,14-15H2,1-3H3,(H2,30,31,32,33). The van der Waals surface area contributed by atoms with Crippen molar-refractivity contribution in [1.82, 2.24) is 15.0 Å². The van der Waals surface area contributed by atoms with E-state index in [9.17, 15) is 9.90 Å². The summed E-state index contributed by atoms with van der Waals surface area (Å²) in [5.74, 6) is 1.13. The Bertz CT molecular complexity index is 1430. The molecule has 0 bridgehead atoms. The number of hydrogen-bond acceptors (Lipinski definition) is 9. The fraction of sp³-hybridized carbons (Fsp3) is 0.321. The number of aromatic amines is 1. The van der Waals surface area contributed by atoms with Crippen molar-refractivity contribution in [1.29, 1.82) is 0 Å². The Morgan fingerprint density at radius 3 is 2.63 bits per heavy atom. The van der Waals surface area contributed by atoms with E-state index in [4.69, 9.17) is 14.5 Å². The number of rotatable bonds is 8. The Kier molecular flexibility index (Phi) is 7.32. The lowest BCUT2D eigenvalue weighted by atomic mass is 10.1. The van der Waals surface area contributed by atoms with Crippen LogP contribution in [0.1, 0.15) is 37.0 Å². The van der Waals surface area contributed by atoms with Crippen LogP contribution >= 0.6 is 0 Å². The summed E-state index contributed by atoms with van der Waals surface area (Å²) in [4.78, 5) is 27.1. The molecule has 0 radical (unpaired) electrons. The number of aromatic nitrogens is 3. The van der Waals surface area contributed by atoms with Gasteiger partial charge in [-0.1, -0.05) is 12.1 Å². The normalized spacial score (nSPS) is 14.1. The van der Waals surface area contributed by atoms with Crippen LogP contribution in [0.5, 0.6) is 5.75 Å². The summed E-state index contributed by atoms with van der Waals surface area (Å²) in [6, 6.07) is 15.0. The van der Waals surface area contributed by atoms with E-state index < -0.39 is 5.97 Å². The van der Waals surface area contributed by atoms with Gasteiger partial charge in [-0.3, -0.25) is 0 Å². The molecule has 0 spiro atoms. The van der Waals surface area contributed by atoms with E-state index in [1.165, 1.54) is 7.11 Å². The first-order valence-corrected chi connectivity index (χ1v) is 12.7. The van der Waals surface area contributed by atoms with Gasteiger partial charge in [-0.25, -0.2) is 9.78 Å². The first-order valence-electron chi connectivity index (χ1n) is 12.7. The Morgan fingerprint density at radius 1 is 1.08 bits per heavy atom. The lowest BCUT2D eigenvalue weighted by molar-refractivity contribution is 0.0602. The quantitative estimate of drug-likeness (QED) is 0.240. The van der Waals surface area contributed by atoms with Gasteiger partial charge in [0.15, 0.2) is 5.82 Å². The Morgan fingerprint density at radius 2 is 1.87 bits per heavy atom. The highest BCUT2D eigenvalue weighted by molar-refractivity contribution is 5.98. The summed E-state index contributed by atoms with van der Waals surface area (Å²) < 4.78 is 11.1. The number of nitrogens with zero attached hydrogens (tertiary/aromatic N) is 3. The second kappa shape index (κ2) is 11.0. The summed E-state index contributed by atoms with van der Waals surface area (Å²) in [7, 11) is 1.35. The van der Waals surface area contributed by atoms with Gasteiger partial charge in [0.2, 0.25) is 5.95 Å². The molecule has 4 N–H and O–H groups in total. The molecule has 3 heterocycles. The number of esters is 1. The monoisotopic (exact) mass is 516 g/mol. The third-order valence-corrected chi connectivity index (χ3v) is 6.40. The summed E-state index contributed by atoms with van der Waals surface area (Å²) in [6.07, 6.45) is 3.02. The first kappa shape index (κ1) is 25.3. The van der Waals surface area contributed by atoms with E-state index in [1.807, 2.05) is 44.2 Å². The zero-order valence-electron chi connectivity index (χ0n) is 21.7. The lowest BCUT2D eigenvalue weighted by Crippen LogP contribution is -2.35. The third kappa shape index (κ3) is 5.50. The van der Waals surface area contributed by atoms with Gasteiger partial charge in [-0.2, -0.15) is 4.98 Å². The largest absolute Gasteiger partial charge is 0.489 e. The third-order valence-electron chi connectivity index (χ3n) is 6.40. The van der Waals surface area contributed by atoms with Crippen LogP contribution in [0.3, 0.4) is 0 Å². The number of carbonyl (C=O) groups is 1. The Labute approximate surface area is 221 Å². The van der Waals surface area contributed by atoms with Crippen molar-refractivity contribution < 1.29 is 19.4 Å². The minimum atomic E-state index is -0.443. The number of aliphatic hydroxyl groups is 1. The molecule has 38 heavy (non-hydrogen) atoms. The first-order chi connectivity index (χ1) is 18.4. The highest BCUT2D eigenvalue weighted by Crippen LogP contribution is 2.35. The van der Waals surface area contributed by atoms with Gasteiger partial charge in [0.25, 0.3) is 0 Å². The number of methoxy groups -OCH3 is 1. The summed E-state index contributed by atoms with van der Waals surface area (Å²) >= 11 is 0. The van der Waals surface area contributed by atoms with Gasteiger partial charge in [-0.05, 0) is 57.0 Å². The average molecular weight is 517 g/mol. The molecule has 1 saturated heterocycles. The van der Waals surface area contributed by atoms with Crippen LogP contribution in [0.4, 0.5) is 28.8 Å². The number of nitrogens with one attached hydrogen (secondary N) is 3. The van der Waals surface area contributed by atoms with E-state index in [1.54, 1.807) is 24.4 Å².